The first-order chi connectivity index (χ1) is 10.6. The van der Waals surface area contributed by atoms with Crippen LogP contribution in [-0.2, 0) is 4.79 Å². The lowest BCUT2D eigenvalue weighted by molar-refractivity contribution is -0.118. The number of aryl methyl sites for hydroxylation is 1. The molecule has 1 aromatic rings. The lowest BCUT2D eigenvalue weighted by Gasteiger charge is -2.34. The van der Waals surface area contributed by atoms with Gasteiger partial charge in [0.2, 0.25) is 5.91 Å². The summed E-state index contributed by atoms with van der Waals surface area (Å²) in [5.74, 6) is 0.0392. The Labute approximate surface area is 138 Å². The molecule has 4 nitrogen and oxygen atoms in total. The molecule has 0 saturated carbocycles. The molecule has 2 rings (SSSR count). The Morgan fingerprint density at radius 3 is 2.82 bits per heavy atom. The van der Waals surface area contributed by atoms with Crippen molar-refractivity contribution in [1.82, 2.24) is 10.2 Å². The molecule has 1 aliphatic heterocycles. The highest BCUT2D eigenvalue weighted by Gasteiger charge is 2.22. The lowest BCUT2D eigenvalue weighted by Crippen LogP contribution is -2.46. The van der Waals surface area contributed by atoms with Gasteiger partial charge < -0.3 is 10.6 Å². The van der Waals surface area contributed by atoms with Crippen LogP contribution in [0.5, 0.6) is 0 Å². The standard InChI is InChI=1S/C17H26ClN3O/c1-3-10-21(15-6-8-19-9-7-15)12-17(22)20-16-11-14(18)5-4-13(16)2/h4-5,11,15,19H,3,6-10,12H2,1-2H3,(H,20,22). The largest absolute Gasteiger partial charge is 0.325 e. The molecule has 1 heterocycles. The van der Waals surface area contributed by atoms with Crippen LogP contribution in [0.15, 0.2) is 18.2 Å². The number of anilines is 1. The molecule has 0 atom stereocenters. The minimum Gasteiger partial charge on any atom is -0.325 e. The highest BCUT2D eigenvalue weighted by Crippen LogP contribution is 2.20. The van der Waals surface area contributed by atoms with Gasteiger partial charge in [-0.25, -0.2) is 0 Å². The Bertz CT molecular complexity index is 501. The number of benzene rings is 1. The fourth-order valence-corrected chi connectivity index (χ4v) is 3.12. The summed E-state index contributed by atoms with van der Waals surface area (Å²) >= 11 is 6.01. The highest BCUT2D eigenvalue weighted by molar-refractivity contribution is 6.31. The maximum Gasteiger partial charge on any atom is 0.238 e. The second-order valence-corrected chi connectivity index (χ2v) is 6.40. The van der Waals surface area contributed by atoms with Crippen LogP contribution >= 0.6 is 11.6 Å². The number of nitrogens with one attached hydrogen (secondary N) is 2. The Morgan fingerprint density at radius 2 is 2.14 bits per heavy atom. The van der Waals surface area contributed by atoms with Crippen LogP contribution in [0.4, 0.5) is 5.69 Å². The van der Waals surface area contributed by atoms with E-state index in [9.17, 15) is 4.79 Å². The van der Waals surface area contributed by atoms with Gasteiger partial charge in [-0.05, 0) is 63.5 Å². The van der Waals surface area contributed by atoms with Crippen molar-refractivity contribution in [2.75, 3.05) is 31.5 Å². The average molecular weight is 324 g/mol. The highest BCUT2D eigenvalue weighted by atomic mass is 35.5. The van der Waals surface area contributed by atoms with Gasteiger partial charge in [0, 0.05) is 16.8 Å². The van der Waals surface area contributed by atoms with Gasteiger partial charge in [0.25, 0.3) is 0 Å². The predicted molar refractivity (Wildman–Crippen MR) is 92.6 cm³/mol. The molecule has 2 N–H and O–H groups in total. The minimum atomic E-state index is 0.0392. The molecule has 0 bridgehead atoms. The summed E-state index contributed by atoms with van der Waals surface area (Å²) in [7, 11) is 0. The van der Waals surface area contributed by atoms with Gasteiger partial charge in [0.05, 0.1) is 6.54 Å². The molecule has 5 heteroatoms. The van der Waals surface area contributed by atoms with Crippen molar-refractivity contribution in [2.45, 2.75) is 39.2 Å². The van der Waals surface area contributed by atoms with Crippen LogP contribution < -0.4 is 10.6 Å². The van der Waals surface area contributed by atoms with E-state index >= 15 is 0 Å². The van der Waals surface area contributed by atoms with E-state index in [1.807, 2.05) is 25.1 Å². The van der Waals surface area contributed by atoms with E-state index in [1.54, 1.807) is 0 Å². The van der Waals surface area contributed by atoms with Crippen LogP contribution in [-0.4, -0.2) is 43.0 Å². The molecular weight excluding hydrogens is 298 g/mol. The van der Waals surface area contributed by atoms with Crippen molar-refractivity contribution in [3.63, 3.8) is 0 Å². The quantitative estimate of drug-likeness (QED) is 0.845. The molecule has 22 heavy (non-hydrogen) atoms. The maximum absolute atomic E-state index is 12.4. The van der Waals surface area contributed by atoms with Gasteiger partial charge in [-0.15, -0.1) is 0 Å². The predicted octanol–water partition coefficient (Wildman–Crippen LogP) is 3.05. The normalized spacial score (nSPS) is 16.0. The zero-order valence-corrected chi connectivity index (χ0v) is 14.2. The number of carbonyl (C=O) groups excluding carboxylic acids is 1. The number of nitrogens with zero attached hydrogens (tertiary/aromatic N) is 1. The molecule has 0 radical (unpaired) electrons. The lowest BCUT2D eigenvalue weighted by atomic mass is 10.0. The van der Waals surface area contributed by atoms with E-state index in [-0.39, 0.29) is 5.91 Å². The molecule has 1 aromatic carbocycles. The summed E-state index contributed by atoms with van der Waals surface area (Å²) in [5, 5.41) is 7.02. The Kier molecular flexibility index (Phi) is 6.68. The van der Waals surface area contributed by atoms with Crippen molar-refractivity contribution in [2.24, 2.45) is 0 Å². The molecule has 1 fully saturated rings. The van der Waals surface area contributed by atoms with Crippen LogP contribution in [0.3, 0.4) is 0 Å². The van der Waals surface area contributed by atoms with Gasteiger partial charge in [-0.1, -0.05) is 24.6 Å². The first kappa shape index (κ1) is 17.3. The fourth-order valence-electron chi connectivity index (χ4n) is 2.95. The Hall–Kier alpha value is -1.10. The molecule has 0 spiro atoms. The van der Waals surface area contributed by atoms with E-state index < -0.39 is 0 Å². The van der Waals surface area contributed by atoms with E-state index in [1.165, 1.54) is 0 Å². The van der Waals surface area contributed by atoms with Crippen LogP contribution in [0.25, 0.3) is 0 Å². The molecule has 1 saturated heterocycles. The minimum absolute atomic E-state index is 0.0392. The summed E-state index contributed by atoms with van der Waals surface area (Å²) in [6.07, 6.45) is 3.29. The van der Waals surface area contributed by atoms with Gasteiger partial charge in [0.1, 0.15) is 0 Å². The van der Waals surface area contributed by atoms with Gasteiger partial charge in [-0.3, -0.25) is 9.69 Å². The van der Waals surface area contributed by atoms with Crippen molar-refractivity contribution >= 4 is 23.2 Å². The summed E-state index contributed by atoms with van der Waals surface area (Å²) < 4.78 is 0. The number of carbonyl (C=O) groups is 1. The van der Waals surface area contributed by atoms with E-state index in [2.05, 4.69) is 22.5 Å². The fraction of sp³-hybridized carbons (Fsp3) is 0.588. The second kappa shape index (κ2) is 8.51. The smallest absolute Gasteiger partial charge is 0.238 e. The summed E-state index contributed by atoms with van der Waals surface area (Å²) in [5.41, 5.74) is 1.83. The van der Waals surface area contributed by atoms with Crippen molar-refractivity contribution in [3.05, 3.63) is 28.8 Å². The number of halogens is 1. The molecule has 0 unspecified atom stereocenters. The molecule has 0 aromatic heterocycles. The SMILES string of the molecule is CCCN(CC(=O)Nc1cc(Cl)ccc1C)C1CCNCC1. The van der Waals surface area contributed by atoms with E-state index in [4.69, 9.17) is 11.6 Å². The second-order valence-electron chi connectivity index (χ2n) is 5.96. The van der Waals surface area contributed by atoms with Crippen LogP contribution in [0.1, 0.15) is 31.7 Å². The van der Waals surface area contributed by atoms with Crippen LogP contribution in [0.2, 0.25) is 5.02 Å². The zero-order valence-electron chi connectivity index (χ0n) is 13.5. The number of amides is 1. The van der Waals surface area contributed by atoms with E-state index in [0.717, 1.165) is 50.1 Å². The third kappa shape index (κ3) is 4.97. The molecule has 0 aliphatic carbocycles. The Morgan fingerprint density at radius 1 is 1.41 bits per heavy atom. The summed E-state index contributed by atoms with van der Waals surface area (Å²) in [6.45, 7) is 7.63. The van der Waals surface area contributed by atoms with Crippen molar-refractivity contribution in [3.8, 4) is 0 Å². The van der Waals surface area contributed by atoms with Crippen molar-refractivity contribution in [1.29, 1.82) is 0 Å². The van der Waals surface area contributed by atoms with E-state index in [0.29, 0.717) is 17.6 Å². The van der Waals surface area contributed by atoms with Gasteiger partial charge in [-0.2, -0.15) is 0 Å². The van der Waals surface area contributed by atoms with Crippen LogP contribution in [0, 0.1) is 6.92 Å². The third-order valence-corrected chi connectivity index (χ3v) is 4.39. The average Bonchev–Trinajstić information content (AvgIpc) is 2.51. The number of hydrogen-bond donors (Lipinski definition) is 2. The first-order valence-corrected chi connectivity index (χ1v) is 8.48. The van der Waals surface area contributed by atoms with Crippen molar-refractivity contribution < 1.29 is 4.79 Å². The first-order valence-electron chi connectivity index (χ1n) is 8.11. The molecular formula is C17H26ClN3O. The number of hydrogen-bond acceptors (Lipinski definition) is 3. The van der Waals surface area contributed by atoms with Gasteiger partial charge in [0.15, 0.2) is 0 Å². The number of rotatable bonds is 6. The maximum atomic E-state index is 12.4. The molecule has 1 aliphatic rings. The molecule has 1 amide bonds. The van der Waals surface area contributed by atoms with Gasteiger partial charge >= 0.3 is 0 Å². The summed E-state index contributed by atoms with van der Waals surface area (Å²) in [4.78, 5) is 14.7. The zero-order chi connectivity index (χ0) is 15.9. The molecule has 122 valence electrons. The monoisotopic (exact) mass is 323 g/mol. The topological polar surface area (TPSA) is 44.4 Å². The number of piperidine rings is 1. The summed E-state index contributed by atoms with van der Waals surface area (Å²) in [6, 6.07) is 6.08. The Balaban J connectivity index is 1.96. The third-order valence-electron chi connectivity index (χ3n) is 4.16.